The van der Waals surface area contributed by atoms with Gasteiger partial charge < -0.3 is 15.2 Å². The lowest BCUT2D eigenvalue weighted by atomic mass is 10.1. The zero-order valence-electron chi connectivity index (χ0n) is 13.5. The minimum absolute atomic E-state index is 0.126. The zero-order valence-corrected chi connectivity index (χ0v) is 14.3. The molecule has 0 saturated heterocycles. The van der Waals surface area contributed by atoms with Crippen LogP contribution < -0.4 is 15.2 Å². The summed E-state index contributed by atoms with van der Waals surface area (Å²) in [6.45, 7) is 2.01. The molecule has 1 fully saturated rings. The number of sulfone groups is 1. The summed E-state index contributed by atoms with van der Waals surface area (Å²) in [7, 11) is -3.73. The van der Waals surface area contributed by atoms with Crippen LogP contribution in [0.15, 0.2) is 47.4 Å². The van der Waals surface area contributed by atoms with Crippen molar-refractivity contribution in [3.05, 3.63) is 53.6 Å². The summed E-state index contributed by atoms with van der Waals surface area (Å²) in [5.41, 5.74) is 6.31. The van der Waals surface area contributed by atoms with Crippen molar-refractivity contribution >= 4 is 9.84 Å². The van der Waals surface area contributed by atoms with Crippen molar-refractivity contribution in [3.8, 4) is 17.6 Å². The molecule has 1 aliphatic carbocycles. The summed E-state index contributed by atoms with van der Waals surface area (Å²) in [5.74, 6) is 0.524. The van der Waals surface area contributed by atoms with Crippen LogP contribution in [0.5, 0.6) is 11.5 Å². The molecule has 1 heterocycles. The van der Waals surface area contributed by atoms with Gasteiger partial charge in [0.25, 0.3) is 0 Å². The van der Waals surface area contributed by atoms with Crippen LogP contribution in [0.2, 0.25) is 0 Å². The van der Waals surface area contributed by atoms with Crippen LogP contribution >= 0.6 is 0 Å². The average molecular weight is 356 g/mol. The van der Waals surface area contributed by atoms with Crippen molar-refractivity contribution in [3.63, 3.8) is 0 Å². The lowest BCUT2D eigenvalue weighted by Crippen LogP contribution is -2.29. The minimum Gasteiger partial charge on any atom is -0.454 e. The molecule has 0 radical (unpaired) electrons. The van der Waals surface area contributed by atoms with Gasteiger partial charge in [-0.3, -0.25) is 0 Å². The third-order valence-corrected chi connectivity index (χ3v) is 7.07. The Morgan fingerprint density at radius 2 is 1.84 bits per heavy atom. The smallest absolute Gasteiger partial charge is 0.231 e. The van der Waals surface area contributed by atoms with Crippen LogP contribution in [-0.4, -0.2) is 26.0 Å². The van der Waals surface area contributed by atoms with E-state index in [1.165, 1.54) is 0 Å². The van der Waals surface area contributed by atoms with Gasteiger partial charge in [0.05, 0.1) is 11.0 Å². The number of hydrogen-bond acceptors (Lipinski definition) is 6. The number of nitrogens with two attached hydrogens (primary N) is 1. The number of nitrogens with zero attached hydrogens (tertiary/aromatic N) is 1. The van der Waals surface area contributed by atoms with Gasteiger partial charge in [0, 0.05) is 5.92 Å². The predicted octanol–water partition coefficient (Wildman–Crippen LogP) is 1.88. The Morgan fingerprint density at radius 3 is 2.52 bits per heavy atom. The maximum atomic E-state index is 13.0. The van der Waals surface area contributed by atoms with E-state index in [1.54, 1.807) is 42.5 Å². The van der Waals surface area contributed by atoms with Crippen molar-refractivity contribution in [2.24, 2.45) is 5.73 Å². The molecule has 0 bridgehead atoms. The fourth-order valence-electron chi connectivity index (χ4n) is 3.38. The van der Waals surface area contributed by atoms with E-state index in [-0.39, 0.29) is 11.7 Å². The van der Waals surface area contributed by atoms with Gasteiger partial charge in [-0.05, 0) is 36.8 Å². The second-order valence-corrected chi connectivity index (χ2v) is 8.48. The standard InChI is InChI=1S/C18H16N2O4S/c1-11-2-5-13(6-3-11)25(21,22)17-16(18(17,20)9-19)12-4-7-14-15(8-12)24-10-23-14/h2-8,16-17H,10,20H2,1H3/t16-,17-,18-/m0/s1. The fraction of sp³-hybridized carbons (Fsp3) is 0.278. The van der Waals surface area contributed by atoms with Crippen LogP contribution in [-0.2, 0) is 9.84 Å². The number of fused-ring (bicyclic) bond motifs is 1. The van der Waals surface area contributed by atoms with E-state index in [0.717, 1.165) is 5.56 Å². The quantitative estimate of drug-likeness (QED) is 0.901. The molecule has 2 aromatic carbocycles. The topological polar surface area (TPSA) is 102 Å². The zero-order chi connectivity index (χ0) is 17.8. The Bertz CT molecular complexity index is 995. The Labute approximate surface area is 145 Å². The molecule has 2 N–H and O–H groups in total. The SMILES string of the molecule is Cc1ccc(S(=O)(=O)[C@H]2[C@H](c3ccc4c(c3)OCO4)[C@@]2(N)C#N)cc1. The number of nitriles is 1. The summed E-state index contributed by atoms with van der Waals surface area (Å²) in [6, 6.07) is 13.7. The molecule has 6 nitrogen and oxygen atoms in total. The first-order valence-corrected chi connectivity index (χ1v) is 9.33. The molecule has 128 valence electrons. The molecule has 2 aromatic rings. The molecule has 0 spiro atoms. The Balaban J connectivity index is 1.75. The highest BCUT2D eigenvalue weighted by atomic mass is 32.2. The van der Waals surface area contributed by atoms with E-state index in [2.05, 4.69) is 0 Å². The van der Waals surface area contributed by atoms with Crippen LogP contribution in [0.4, 0.5) is 0 Å². The highest BCUT2D eigenvalue weighted by Gasteiger charge is 2.70. The van der Waals surface area contributed by atoms with Crippen molar-refractivity contribution < 1.29 is 17.9 Å². The summed E-state index contributed by atoms with van der Waals surface area (Å²) in [4.78, 5) is 0.177. The highest BCUT2D eigenvalue weighted by molar-refractivity contribution is 7.92. The molecule has 0 unspecified atom stereocenters. The molecule has 2 aliphatic rings. The van der Waals surface area contributed by atoms with Crippen LogP contribution in [0.25, 0.3) is 0 Å². The molecule has 1 aliphatic heterocycles. The Kier molecular flexibility index (Phi) is 3.33. The van der Waals surface area contributed by atoms with Gasteiger partial charge in [-0.2, -0.15) is 5.26 Å². The summed E-state index contributed by atoms with van der Waals surface area (Å²) < 4.78 is 36.6. The fourth-order valence-corrected chi connectivity index (χ4v) is 5.56. The largest absolute Gasteiger partial charge is 0.454 e. The van der Waals surface area contributed by atoms with Crippen molar-refractivity contribution in [2.45, 2.75) is 28.5 Å². The molecular formula is C18H16N2O4S. The van der Waals surface area contributed by atoms with E-state index < -0.39 is 26.5 Å². The number of aryl methyl sites for hydroxylation is 1. The van der Waals surface area contributed by atoms with Gasteiger partial charge in [0.15, 0.2) is 21.3 Å². The molecule has 25 heavy (non-hydrogen) atoms. The van der Waals surface area contributed by atoms with Gasteiger partial charge in [0.1, 0.15) is 10.8 Å². The molecule has 4 rings (SSSR count). The normalized spacial score (nSPS) is 26.9. The highest BCUT2D eigenvalue weighted by Crippen LogP contribution is 2.56. The predicted molar refractivity (Wildman–Crippen MR) is 90.0 cm³/mol. The van der Waals surface area contributed by atoms with Crippen LogP contribution in [0, 0.1) is 18.3 Å². The summed E-state index contributed by atoms with van der Waals surface area (Å²) in [6.07, 6.45) is 0. The maximum Gasteiger partial charge on any atom is 0.231 e. The van der Waals surface area contributed by atoms with E-state index in [9.17, 15) is 13.7 Å². The number of benzene rings is 2. The van der Waals surface area contributed by atoms with E-state index >= 15 is 0 Å². The van der Waals surface area contributed by atoms with Gasteiger partial charge >= 0.3 is 0 Å². The number of ether oxygens (including phenoxy) is 2. The first kappa shape index (κ1) is 15.9. The number of rotatable bonds is 3. The van der Waals surface area contributed by atoms with Gasteiger partial charge in [-0.25, -0.2) is 8.42 Å². The molecule has 1 saturated carbocycles. The lowest BCUT2D eigenvalue weighted by molar-refractivity contribution is 0.174. The van der Waals surface area contributed by atoms with Gasteiger partial charge in [0.2, 0.25) is 6.79 Å². The Hall–Kier alpha value is -2.56. The molecule has 7 heteroatoms. The first-order chi connectivity index (χ1) is 11.9. The van der Waals surface area contributed by atoms with E-state index in [4.69, 9.17) is 15.2 Å². The second-order valence-electron chi connectivity index (χ2n) is 6.41. The van der Waals surface area contributed by atoms with E-state index in [1.807, 2.05) is 13.0 Å². The molecule has 0 amide bonds. The average Bonchev–Trinajstić information content (AvgIpc) is 2.99. The van der Waals surface area contributed by atoms with Crippen molar-refractivity contribution in [2.75, 3.05) is 6.79 Å². The number of hydrogen-bond donors (Lipinski definition) is 1. The molecular weight excluding hydrogens is 340 g/mol. The van der Waals surface area contributed by atoms with Crippen LogP contribution in [0.1, 0.15) is 17.0 Å². The third-order valence-electron chi connectivity index (χ3n) is 4.81. The maximum absolute atomic E-state index is 13.0. The monoisotopic (exact) mass is 356 g/mol. The molecule has 3 atom stereocenters. The first-order valence-electron chi connectivity index (χ1n) is 7.78. The molecule has 0 aromatic heterocycles. The van der Waals surface area contributed by atoms with Gasteiger partial charge in [-0.15, -0.1) is 0 Å². The second kappa shape index (κ2) is 5.22. The van der Waals surface area contributed by atoms with Gasteiger partial charge in [-0.1, -0.05) is 23.8 Å². The van der Waals surface area contributed by atoms with Crippen molar-refractivity contribution in [1.29, 1.82) is 5.26 Å². The van der Waals surface area contributed by atoms with E-state index in [0.29, 0.717) is 17.1 Å². The summed E-state index contributed by atoms with van der Waals surface area (Å²) in [5, 5.41) is 8.53. The van der Waals surface area contributed by atoms with Crippen LogP contribution in [0.3, 0.4) is 0 Å². The third kappa shape index (κ3) is 2.29. The van der Waals surface area contributed by atoms with Crippen molar-refractivity contribution in [1.82, 2.24) is 0 Å². The minimum atomic E-state index is -3.73. The lowest BCUT2D eigenvalue weighted by Gasteiger charge is -2.05. The summed E-state index contributed by atoms with van der Waals surface area (Å²) >= 11 is 0. The Morgan fingerprint density at radius 1 is 1.16 bits per heavy atom.